The van der Waals surface area contributed by atoms with Gasteiger partial charge < -0.3 is 20.2 Å². The number of hydrogen-bond acceptors (Lipinski definition) is 3. The Labute approximate surface area is 138 Å². The number of amides is 2. The van der Waals surface area contributed by atoms with Crippen LogP contribution in [0.3, 0.4) is 0 Å². The third-order valence-electron chi connectivity index (χ3n) is 3.70. The third kappa shape index (κ3) is 6.59. The zero-order valence-corrected chi connectivity index (χ0v) is 14.2. The zero-order valence-electron chi connectivity index (χ0n) is 14.2. The summed E-state index contributed by atoms with van der Waals surface area (Å²) >= 11 is 0. The van der Waals surface area contributed by atoms with Crippen LogP contribution in [0.1, 0.15) is 20.3 Å². The Morgan fingerprint density at radius 3 is 2.48 bits per heavy atom. The van der Waals surface area contributed by atoms with Gasteiger partial charge in [-0.25, -0.2) is 4.79 Å². The third-order valence-corrected chi connectivity index (χ3v) is 3.70. The van der Waals surface area contributed by atoms with Crippen molar-refractivity contribution >= 4 is 17.7 Å². The van der Waals surface area contributed by atoms with Crippen LogP contribution in [0.25, 0.3) is 0 Å². The van der Waals surface area contributed by atoms with Crippen molar-refractivity contribution in [3.05, 3.63) is 30.3 Å². The topological polar surface area (TPSA) is 72.9 Å². The van der Waals surface area contributed by atoms with Crippen molar-refractivity contribution in [2.45, 2.75) is 20.3 Å². The molecule has 0 aliphatic carbocycles. The van der Waals surface area contributed by atoms with Crippen molar-refractivity contribution in [2.24, 2.45) is 5.92 Å². The smallest absolute Gasteiger partial charge is 0.317 e. The first-order valence-corrected chi connectivity index (χ1v) is 7.97. The zero-order chi connectivity index (χ0) is 17.2. The molecule has 0 spiro atoms. The summed E-state index contributed by atoms with van der Waals surface area (Å²) in [6, 6.07) is 9.93. The van der Waals surface area contributed by atoms with Crippen molar-refractivity contribution in [2.75, 3.05) is 38.1 Å². The summed E-state index contributed by atoms with van der Waals surface area (Å²) < 4.78 is 0. The second kappa shape index (κ2) is 9.71. The lowest BCUT2D eigenvalue weighted by Gasteiger charge is -2.24. The predicted molar refractivity (Wildman–Crippen MR) is 91.8 cm³/mol. The van der Waals surface area contributed by atoms with Gasteiger partial charge in [-0.1, -0.05) is 25.1 Å². The van der Waals surface area contributed by atoms with Crippen LogP contribution in [0, 0.1) is 5.92 Å². The van der Waals surface area contributed by atoms with E-state index in [2.05, 4.69) is 29.3 Å². The van der Waals surface area contributed by atoms with Crippen LogP contribution in [0.4, 0.5) is 10.5 Å². The number of nitrogens with zero attached hydrogens (tertiary/aromatic N) is 2. The summed E-state index contributed by atoms with van der Waals surface area (Å²) in [6.45, 7) is 6.22. The van der Waals surface area contributed by atoms with Crippen LogP contribution >= 0.6 is 0 Å². The highest BCUT2D eigenvalue weighted by Gasteiger charge is 2.16. The highest BCUT2D eigenvalue weighted by molar-refractivity contribution is 5.75. The largest absolute Gasteiger partial charge is 0.481 e. The van der Waals surface area contributed by atoms with Gasteiger partial charge >= 0.3 is 12.0 Å². The van der Waals surface area contributed by atoms with Crippen LogP contribution in [0.2, 0.25) is 0 Å². The number of benzene rings is 1. The van der Waals surface area contributed by atoms with Gasteiger partial charge in [0, 0.05) is 38.9 Å². The molecule has 0 saturated heterocycles. The lowest BCUT2D eigenvalue weighted by molar-refractivity contribution is -0.141. The monoisotopic (exact) mass is 321 g/mol. The fourth-order valence-corrected chi connectivity index (χ4v) is 2.28. The SMILES string of the molecule is CCN(CCCNC(=O)N(C)CC(C)C(=O)O)c1ccccc1. The number of urea groups is 1. The first kappa shape index (κ1) is 18.8. The second-order valence-corrected chi connectivity index (χ2v) is 5.62. The highest BCUT2D eigenvalue weighted by Crippen LogP contribution is 2.12. The minimum Gasteiger partial charge on any atom is -0.481 e. The molecular formula is C17H27N3O3. The van der Waals surface area contributed by atoms with Crippen molar-refractivity contribution in [1.82, 2.24) is 10.2 Å². The van der Waals surface area contributed by atoms with Gasteiger partial charge in [-0.15, -0.1) is 0 Å². The number of rotatable bonds is 9. The molecule has 1 atom stereocenters. The minimum absolute atomic E-state index is 0.201. The summed E-state index contributed by atoms with van der Waals surface area (Å²) in [4.78, 5) is 26.4. The van der Waals surface area contributed by atoms with E-state index in [1.54, 1.807) is 14.0 Å². The van der Waals surface area contributed by atoms with Crippen LogP contribution in [-0.2, 0) is 4.79 Å². The minimum atomic E-state index is -0.897. The van der Waals surface area contributed by atoms with Crippen molar-refractivity contribution < 1.29 is 14.7 Å². The van der Waals surface area contributed by atoms with Crippen LogP contribution in [-0.4, -0.2) is 55.2 Å². The number of hydrogen-bond donors (Lipinski definition) is 2. The molecule has 2 amide bonds. The number of anilines is 1. The molecule has 1 unspecified atom stereocenters. The van der Waals surface area contributed by atoms with Gasteiger partial charge in [0.2, 0.25) is 0 Å². The molecule has 0 saturated carbocycles. The van der Waals surface area contributed by atoms with Crippen LogP contribution < -0.4 is 10.2 Å². The Kier molecular flexibility index (Phi) is 7.94. The Morgan fingerprint density at radius 2 is 1.91 bits per heavy atom. The lowest BCUT2D eigenvalue weighted by Crippen LogP contribution is -2.41. The first-order chi connectivity index (χ1) is 11.0. The Balaban J connectivity index is 2.30. The van der Waals surface area contributed by atoms with Gasteiger partial charge in [0.15, 0.2) is 0 Å². The van der Waals surface area contributed by atoms with E-state index in [4.69, 9.17) is 5.11 Å². The Hall–Kier alpha value is -2.24. The summed E-state index contributed by atoms with van der Waals surface area (Å²) in [5, 5.41) is 11.7. The summed E-state index contributed by atoms with van der Waals surface area (Å²) in [5.74, 6) is -1.47. The molecule has 6 heteroatoms. The van der Waals surface area contributed by atoms with Crippen molar-refractivity contribution in [3.8, 4) is 0 Å². The van der Waals surface area contributed by atoms with Crippen molar-refractivity contribution in [1.29, 1.82) is 0 Å². The van der Waals surface area contributed by atoms with Crippen LogP contribution in [0.15, 0.2) is 30.3 Å². The quantitative estimate of drug-likeness (QED) is 0.684. The lowest BCUT2D eigenvalue weighted by atomic mass is 10.2. The Bertz CT molecular complexity index is 493. The first-order valence-electron chi connectivity index (χ1n) is 7.97. The van der Waals surface area contributed by atoms with Gasteiger partial charge in [0.1, 0.15) is 0 Å². The molecule has 0 aromatic heterocycles. The molecule has 0 radical (unpaired) electrons. The van der Waals surface area contributed by atoms with Crippen LogP contribution in [0.5, 0.6) is 0 Å². The standard InChI is InChI=1S/C17H27N3O3/c1-4-20(15-9-6-5-7-10-15)12-8-11-18-17(23)19(3)13-14(2)16(21)22/h5-7,9-10,14H,4,8,11-13H2,1-3H3,(H,18,23)(H,21,22). The molecule has 0 aliphatic heterocycles. The summed E-state index contributed by atoms with van der Waals surface area (Å²) in [6.07, 6.45) is 0.830. The molecule has 0 fully saturated rings. The predicted octanol–water partition coefficient (Wildman–Crippen LogP) is 2.27. The molecule has 2 N–H and O–H groups in total. The molecule has 6 nitrogen and oxygen atoms in total. The summed E-state index contributed by atoms with van der Waals surface area (Å²) in [7, 11) is 1.61. The van der Waals surface area contributed by atoms with E-state index in [1.807, 2.05) is 18.2 Å². The van der Waals surface area contributed by atoms with E-state index < -0.39 is 11.9 Å². The van der Waals surface area contributed by atoms with E-state index >= 15 is 0 Å². The van der Waals surface area contributed by atoms with E-state index in [0.717, 1.165) is 19.5 Å². The average molecular weight is 321 g/mol. The van der Waals surface area contributed by atoms with Gasteiger partial charge in [-0.05, 0) is 25.5 Å². The number of para-hydroxylation sites is 1. The molecular weight excluding hydrogens is 294 g/mol. The molecule has 0 bridgehead atoms. The number of carbonyl (C=O) groups excluding carboxylic acids is 1. The van der Waals surface area contributed by atoms with E-state index in [-0.39, 0.29) is 12.6 Å². The average Bonchev–Trinajstić information content (AvgIpc) is 2.55. The number of nitrogens with one attached hydrogen (secondary N) is 1. The van der Waals surface area contributed by atoms with Crippen molar-refractivity contribution in [3.63, 3.8) is 0 Å². The van der Waals surface area contributed by atoms with Gasteiger partial charge in [-0.2, -0.15) is 0 Å². The van der Waals surface area contributed by atoms with E-state index in [1.165, 1.54) is 10.6 Å². The number of carbonyl (C=O) groups is 2. The maximum atomic E-state index is 11.9. The molecule has 23 heavy (non-hydrogen) atoms. The fourth-order valence-electron chi connectivity index (χ4n) is 2.28. The Morgan fingerprint density at radius 1 is 1.26 bits per heavy atom. The molecule has 1 rings (SSSR count). The highest BCUT2D eigenvalue weighted by atomic mass is 16.4. The maximum absolute atomic E-state index is 11.9. The van der Waals surface area contributed by atoms with E-state index in [0.29, 0.717) is 6.54 Å². The second-order valence-electron chi connectivity index (χ2n) is 5.62. The maximum Gasteiger partial charge on any atom is 0.317 e. The van der Waals surface area contributed by atoms with Gasteiger partial charge in [-0.3, -0.25) is 4.79 Å². The molecule has 1 aromatic carbocycles. The van der Waals surface area contributed by atoms with Gasteiger partial charge in [0.05, 0.1) is 5.92 Å². The number of carboxylic acids is 1. The summed E-state index contributed by atoms with van der Waals surface area (Å²) in [5.41, 5.74) is 1.17. The van der Waals surface area contributed by atoms with Gasteiger partial charge in [0.25, 0.3) is 0 Å². The number of carboxylic acid groups (broad SMARTS) is 1. The fraction of sp³-hybridized carbons (Fsp3) is 0.529. The molecule has 1 aromatic rings. The van der Waals surface area contributed by atoms with E-state index in [9.17, 15) is 9.59 Å². The molecule has 0 heterocycles. The molecule has 128 valence electrons. The molecule has 0 aliphatic rings. The number of aliphatic carboxylic acids is 1. The normalized spacial score (nSPS) is 11.6.